The Balaban J connectivity index is 1.66. The molecule has 1 atom stereocenters. The Labute approximate surface area is 168 Å². The minimum atomic E-state index is -3.52. The van der Waals surface area contributed by atoms with Crippen LogP contribution in [0.15, 0.2) is 41.4 Å². The Bertz CT molecular complexity index is 935. The van der Waals surface area contributed by atoms with Gasteiger partial charge >= 0.3 is 0 Å². The number of pyridine rings is 1. The largest absolute Gasteiger partial charge is 0.357 e. The normalized spacial score (nSPS) is 21.2. The van der Waals surface area contributed by atoms with Crippen molar-refractivity contribution in [2.75, 3.05) is 24.5 Å². The quantitative estimate of drug-likeness (QED) is 0.773. The molecule has 0 saturated carbocycles. The number of piperidine rings is 1. The minimum absolute atomic E-state index is 0.139. The Morgan fingerprint density at radius 2 is 1.64 bits per heavy atom. The SMILES string of the molecule is Cc1ccc(S(=O)(=O)N2CCCC[C@H]2c2cnc(N3CCCC3)cc2C)cc1. The molecule has 1 aromatic heterocycles. The summed E-state index contributed by atoms with van der Waals surface area (Å²) in [5, 5.41) is 0. The van der Waals surface area contributed by atoms with Crippen LogP contribution in [0.2, 0.25) is 0 Å². The summed E-state index contributed by atoms with van der Waals surface area (Å²) in [6.07, 6.45) is 7.13. The lowest BCUT2D eigenvalue weighted by molar-refractivity contribution is 0.255. The summed E-state index contributed by atoms with van der Waals surface area (Å²) in [6, 6.07) is 9.16. The lowest BCUT2D eigenvalue weighted by Crippen LogP contribution is -2.38. The van der Waals surface area contributed by atoms with Gasteiger partial charge < -0.3 is 4.90 Å². The van der Waals surface area contributed by atoms with E-state index < -0.39 is 10.0 Å². The van der Waals surface area contributed by atoms with Gasteiger partial charge in [0.15, 0.2) is 0 Å². The fourth-order valence-electron chi connectivity index (χ4n) is 4.37. The first-order valence-corrected chi connectivity index (χ1v) is 11.7. The Kier molecular flexibility index (Phi) is 5.43. The molecule has 0 radical (unpaired) electrons. The Hall–Kier alpha value is -1.92. The molecule has 2 saturated heterocycles. The second-order valence-corrected chi connectivity index (χ2v) is 9.92. The molecule has 2 fully saturated rings. The van der Waals surface area contributed by atoms with Crippen LogP contribution in [-0.4, -0.2) is 37.3 Å². The summed E-state index contributed by atoms with van der Waals surface area (Å²) < 4.78 is 28.4. The second kappa shape index (κ2) is 7.84. The van der Waals surface area contributed by atoms with Crippen LogP contribution < -0.4 is 4.90 Å². The summed E-state index contributed by atoms with van der Waals surface area (Å²) in [5.74, 6) is 1.02. The van der Waals surface area contributed by atoms with Gasteiger partial charge in [-0.2, -0.15) is 4.31 Å². The summed E-state index contributed by atoms with van der Waals surface area (Å²) in [4.78, 5) is 7.40. The fourth-order valence-corrected chi connectivity index (χ4v) is 6.04. The molecule has 2 aliphatic heterocycles. The molecule has 0 N–H and O–H groups in total. The van der Waals surface area contributed by atoms with E-state index in [2.05, 4.69) is 17.9 Å². The molecule has 0 bridgehead atoms. The van der Waals surface area contributed by atoms with Crippen LogP contribution >= 0.6 is 0 Å². The van der Waals surface area contributed by atoms with E-state index in [1.165, 1.54) is 12.8 Å². The molecular formula is C22H29N3O2S. The van der Waals surface area contributed by atoms with Crippen LogP contribution in [-0.2, 0) is 10.0 Å². The third-order valence-corrected chi connectivity index (χ3v) is 7.93. The number of aromatic nitrogens is 1. The maximum absolute atomic E-state index is 13.4. The van der Waals surface area contributed by atoms with E-state index in [0.717, 1.165) is 54.9 Å². The summed E-state index contributed by atoms with van der Waals surface area (Å²) in [7, 11) is -3.52. The number of hydrogen-bond donors (Lipinski definition) is 0. The minimum Gasteiger partial charge on any atom is -0.357 e. The van der Waals surface area contributed by atoms with Crippen LogP contribution in [0, 0.1) is 13.8 Å². The predicted octanol–water partition coefficient (Wildman–Crippen LogP) is 4.21. The molecule has 28 heavy (non-hydrogen) atoms. The molecule has 2 aromatic rings. The summed E-state index contributed by atoms with van der Waals surface area (Å²) >= 11 is 0. The standard InChI is InChI=1S/C22H29N3O2S/c1-17-8-10-19(11-9-17)28(26,27)25-14-4-3-7-21(25)20-16-23-22(15-18(20)2)24-12-5-6-13-24/h8-11,15-16,21H,3-7,12-14H2,1-2H3/t21-/m0/s1. The van der Waals surface area contributed by atoms with Gasteiger partial charge in [-0.1, -0.05) is 24.1 Å². The predicted molar refractivity (Wildman–Crippen MR) is 112 cm³/mol. The molecule has 4 rings (SSSR count). The molecule has 150 valence electrons. The smallest absolute Gasteiger partial charge is 0.243 e. The van der Waals surface area contributed by atoms with E-state index in [4.69, 9.17) is 4.98 Å². The maximum Gasteiger partial charge on any atom is 0.243 e. The second-order valence-electron chi connectivity index (χ2n) is 8.03. The van der Waals surface area contributed by atoms with E-state index >= 15 is 0 Å². The molecule has 6 heteroatoms. The topological polar surface area (TPSA) is 53.5 Å². The van der Waals surface area contributed by atoms with Crippen molar-refractivity contribution >= 4 is 15.8 Å². The van der Waals surface area contributed by atoms with Crippen molar-refractivity contribution < 1.29 is 8.42 Å². The molecule has 2 aliphatic rings. The molecule has 5 nitrogen and oxygen atoms in total. The zero-order valence-electron chi connectivity index (χ0n) is 16.8. The average molecular weight is 400 g/mol. The van der Waals surface area contributed by atoms with Crippen molar-refractivity contribution in [2.45, 2.75) is 56.9 Å². The van der Waals surface area contributed by atoms with E-state index in [0.29, 0.717) is 11.4 Å². The van der Waals surface area contributed by atoms with Crippen molar-refractivity contribution in [3.63, 3.8) is 0 Å². The van der Waals surface area contributed by atoms with Crippen LogP contribution in [0.4, 0.5) is 5.82 Å². The van der Waals surface area contributed by atoms with E-state index in [1.54, 1.807) is 16.4 Å². The number of aryl methyl sites for hydroxylation is 2. The van der Waals surface area contributed by atoms with Crippen molar-refractivity contribution in [1.82, 2.24) is 9.29 Å². The van der Waals surface area contributed by atoms with Gasteiger partial charge in [-0.05, 0) is 68.9 Å². The third-order valence-electron chi connectivity index (χ3n) is 6.01. The third kappa shape index (κ3) is 3.67. The molecule has 0 aliphatic carbocycles. The van der Waals surface area contributed by atoms with Crippen molar-refractivity contribution in [3.8, 4) is 0 Å². The Morgan fingerprint density at radius 3 is 2.32 bits per heavy atom. The van der Waals surface area contributed by atoms with Gasteiger partial charge in [-0.15, -0.1) is 0 Å². The first kappa shape index (κ1) is 19.4. The number of rotatable bonds is 4. The molecule has 0 amide bonds. The van der Waals surface area contributed by atoms with Crippen LogP contribution in [0.1, 0.15) is 54.8 Å². The first-order chi connectivity index (χ1) is 13.5. The number of anilines is 1. The maximum atomic E-state index is 13.4. The number of nitrogens with zero attached hydrogens (tertiary/aromatic N) is 3. The van der Waals surface area contributed by atoms with Gasteiger partial charge in [0.1, 0.15) is 5.82 Å². The van der Waals surface area contributed by atoms with Gasteiger partial charge in [0.05, 0.1) is 10.9 Å². The number of sulfonamides is 1. The van der Waals surface area contributed by atoms with E-state index in [9.17, 15) is 8.42 Å². The number of hydrogen-bond acceptors (Lipinski definition) is 4. The zero-order valence-corrected chi connectivity index (χ0v) is 17.6. The lowest BCUT2D eigenvalue weighted by Gasteiger charge is -2.35. The Morgan fingerprint density at radius 1 is 0.964 bits per heavy atom. The highest BCUT2D eigenvalue weighted by molar-refractivity contribution is 7.89. The van der Waals surface area contributed by atoms with Crippen LogP contribution in [0.25, 0.3) is 0 Å². The summed E-state index contributed by atoms with van der Waals surface area (Å²) in [6.45, 7) is 6.74. The highest BCUT2D eigenvalue weighted by atomic mass is 32.2. The highest BCUT2D eigenvalue weighted by Crippen LogP contribution is 2.37. The molecule has 0 unspecified atom stereocenters. The molecular weight excluding hydrogens is 370 g/mol. The van der Waals surface area contributed by atoms with E-state index in [-0.39, 0.29) is 6.04 Å². The highest BCUT2D eigenvalue weighted by Gasteiger charge is 2.35. The summed E-state index contributed by atoms with van der Waals surface area (Å²) in [5.41, 5.74) is 3.23. The average Bonchev–Trinajstić information content (AvgIpc) is 3.23. The van der Waals surface area contributed by atoms with Gasteiger partial charge in [0.2, 0.25) is 10.0 Å². The fraction of sp³-hybridized carbons (Fsp3) is 0.500. The monoisotopic (exact) mass is 399 g/mol. The van der Waals surface area contributed by atoms with Gasteiger partial charge in [-0.25, -0.2) is 13.4 Å². The van der Waals surface area contributed by atoms with Gasteiger partial charge in [0, 0.05) is 25.8 Å². The van der Waals surface area contributed by atoms with Crippen molar-refractivity contribution in [1.29, 1.82) is 0 Å². The number of benzene rings is 1. The van der Waals surface area contributed by atoms with Crippen molar-refractivity contribution in [3.05, 3.63) is 53.2 Å². The van der Waals surface area contributed by atoms with Crippen LogP contribution in [0.3, 0.4) is 0 Å². The first-order valence-electron chi connectivity index (χ1n) is 10.3. The van der Waals surface area contributed by atoms with E-state index in [1.807, 2.05) is 25.3 Å². The van der Waals surface area contributed by atoms with Gasteiger partial charge in [0.25, 0.3) is 0 Å². The van der Waals surface area contributed by atoms with Gasteiger partial charge in [-0.3, -0.25) is 0 Å². The van der Waals surface area contributed by atoms with Crippen LogP contribution in [0.5, 0.6) is 0 Å². The molecule has 0 spiro atoms. The lowest BCUT2D eigenvalue weighted by atomic mass is 9.95. The van der Waals surface area contributed by atoms with Crippen molar-refractivity contribution in [2.24, 2.45) is 0 Å². The zero-order chi connectivity index (χ0) is 19.7. The molecule has 1 aromatic carbocycles. The molecule has 3 heterocycles.